The molecule has 0 saturated carbocycles. The van der Waals surface area contributed by atoms with Gasteiger partial charge in [0, 0.05) is 5.56 Å². The molecule has 0 radical (unpaired) electrons. The van der Waals surface area contributed by atoms with Crippen LogP contribution in [0.1, 0.15) is 16.1 Å². The average molecular weight is 287 g/mol. The van der Waals surface area contributed by atoms with Crippen molar-refractivity contribution < 1.29 is 32.3 Å². The molecule has 106 valence electrons. The maximum absolute atomic E-state index is 12.0. The molecular weight excluding hydrogens is 279 g/mol. The van der Waals surface area contributed by atoms with Crippen LogP contribution < -0.4 is 4.74 Å². The van der Waals surface area contributed by atoms with Crippen LogP contribution in [0.25, 0.3) is 11.3 Å². The highest BCUT2D eigenvalue weighted by Gasteiger charge is 2.31. The van der Waals surface area contributed by atoms with Gasteiger partial charge in [-0.05, 0) is 31.2 Å². The van der Waals surface area contributed by atoms with Gasteiger partial charge in [0.2, 0.25) is 0 Å². The predicted octanol–water partition coefficient (Wildman–Crippen LogP) is 3.25. The molecule has 0 atom stereocenters. The summed E-state index contributed by atoms with van der Waals surface area (Å²) in [5, 5.41) is 12.6. The van der Waals surface area contributed by atoms with Crippen LogP contribution in [0.4, 0.5) is 13.2 Å². The number of aromatic carboxylic acids is 1. The number of aromatic nitrogens is 1. The van der Waals surface area contributed by atoms with Crippen LogP contribution in [0.5, 0.6) is 5.75 Å². The first-order chi connectivity index (χ1) is 9.28. The highest BCUT2D eigenvalue weighted by atomic mass is 19.4. The van der Waals surface area contributed by atoms with Crippen LogP contribution in [-0.4, -0.2) is 22.6 Å². The van der Waals surface area contributed by atoms with Gasteiger partial charge in [-0.2, -0.15) is 0 Å². The molecule has 0 spiro atoms. The Kier molecular flexibility index (Phi) is 3.39. The van der Waals surface area contributed by atoms with Crippen molar-refractivity contribution in [3.8, 4) is 17.0 Å². The Bertz CT molecular complexity index is 631. The fraction of sp³-hybridized carbons (Fsp3) is 0.167. The van der Waals surface area contributed by atoms with E-state index < -0.39 is 18.1 Å². The minimum Gasteiger partial charge on any atom is -0.477 e. The van der Waals surface area contributed by atoms with E-state index in [0.717, 1.165) is 12.1 Å². The van der Waals surface area contributed by atoms with Gasteiger partial charge in [0.25, 0.3) is 0 Å². The number of aryl methyl sites for hydroxylation is 1. The number of ether oxygens (including phenoxy) is 1. The largest absolute Gasteiger partial charge is 0.573 e. The second-order valence-corrected chi connectivity index (χ2v) is 3.84. The minimum atomic E-state index is -4.78. The molecular formula is C12H8F3NO4. The Hall–Kier alpha value is -2.51. The molecule has 1 aromatic carbocycles. The summed E-state index contributed by atoms with van der Waals surface area (Å²) >= 11 is 0. The molecule has 0 saturated heterocycles. The van der Waals surface area contributed by atoms with E-state index in [9.17, 15) is 18.0 Å². The summed E-state index contributed by atoms with van der Waals surface area (Å²) in [5.74, 6) is -1.52. The lowest BCUT2D eigenvalue weighted by atomic mass is 10.1. The summed E-state index contributed by atoms with van der Waals surface area (Å²) in [7, 11) is 0. The summed E-state index contributed by atoms with van der Waals surface area (Å²) in [5.41, 5.74) is 0.233. The minimum absolute atomic E-state index is 0.0496. The first kappa shape index (κ1) is 13.9. The Morgan fingerprint density at radius 2 is 1.90 bits per heavy atom. The lowest BCUT2D eigenvalue weighted by Gasteiger charge is -2.08. The van der Waals surface area contributed by atoms with Gasteiger partial charge in [-0.1, -0.05) is 5.16 Å². The number of carbonyl (C=O) groups is 1. The zero-order chi connectivity index (χ0) is 14.9. The Labute approximate surface area is 110 Å². The SMILES string of the molecule is Cc1onc(-c2ccc(OC(F)(F)F)cc2)c1C(=O)O. The number of carboxylic acids is 1. The Morgan fingerprint density at radius 3 is 2.40 bits per heavy atom. The zero-order valence-electron chi connectivity index (χ0n) is 10.1. The third kappa shape index (κ3) is 2.90. The van der Waals surface area contributed by atoms with E-state index in [0.29, 0.717) is 5.56 Å². The molecule has 2 aromatic rings. The van der Waals surface area contributed by atoms with Crippen molar-refractivity contribution in [2.24, 2.45) is 0 Å². The quantitative estimate of drug-likeness (QED) is 0.938. The summed E-state index contributed by atoms with van der Waals surface area (Å²) in [6.45, 7) is 1.43. The number of hydrogen-bond acceptors (Lipinski definition) is 4. The van der Waals surface area contributed by atoms with Gasteiger partial charge in [0.1, 0.15) is 22.8 Å². The first-order valence-corrected chi connectivity index (χ1v) is 5.33. The van der Waals surface area contributed by atoms with Crippen molar-refractivity contribution in [1.29, 1.82) is 0 Å². The Balaban J connectivity index is 2.34. The van der Waals surface area contributed by atoms with E-state index in [-0.39, 0.29) is 17.0 Å². The Morgan fingerprint density at radius 1 is 1.30 bits per heavy atom. The van der Waals surface area contributed by atoms with E-state index in [1.165, 1.54) is 19.1 Å². The number of rotatable bonds is 3. The molecule has 1 aromatic heterocycles. The zero-order valence-corrected chi connectivity index (χ0v) is 10.1. The number of benzene rings is 1. The molecule has 0 amide bonds. The molecule has 0 aliphatic heterocycles. The van der Waals surface area contributed by atoms with Gasteiger partial charge in [-0.3, -0.25) is 0 Å². The fourth-order valence-corrected chi connectivity index (χ4v) is 1.64. The lowest BCUT2D eigenvalue weighted by Crippen LogP contribution is -2.16. The first-order valence-electron chi connectivity index (χ1n) is 5.33. The second-order valence-electron chi connectivity index (χ2n) is 3.84. The van der Waals surface area contributed by atoms with E-state index in [1.807, 2.05) is 0 Å². The van der Waals surface area contributed by atoms with Crippen LogP contribution in [0.15, 0.2) is 28.8 Å². The third-order valence-electron chi connectivity index (χ3n) is 2.44. The van der Waals surface area contributed by atoms with Gasteiger partial charge < -0.3 is 14.4 Å². The number of hydrogen-bond donors (Lipinski definition) is 1. The maximum Gasteiger partial charge on any atom is 0.573 e. The summed E-state index contributed by atoms with van der Waals surface area (Å²) in [4.78, 5) is 11.1. The van der Waals surface area contributed by atoms with Crippen molar-refractivity contribution in [2.75, 3.05) is 0 Å². The summed E-state index contributed by atoms with van der Waals surface area (Å²) < 4.78 is 44.5. The molecule has 8 heteroatoms. The van der Waals surface area contributed by atoms with Gasteiger partial charge in [-0.15, -0.1) is 13.2 Å². The van der Waals surface area contributed by atoms with Crippen molar-refractivity contribution in [3.05, 3.63) is 35.6 Å². The highest BCUT2D eigenvalue weighted by molar-refractivity contribution is 5.95. The van der Waals surface area contributed by atoms with Crippen LogP contribution >= 0.6 is 0 Å². The molecule has 2 rings (SSSR count). The van der Waals surface area contributed by atoms with Crippen molar-refractivity contribution in [1.82, 2.24) is 5.16 Å². The van der Waals surface area contributed by atoms with Crippen molar-refractivity contribution >= 4 is 5.97 Å². The van der Waals surface area contributed by atoms with Crippen molar-refractivity contribution in [3.63, 3.8) is 0 Å². The standard InChI is InChI=1S/C12H8F3NO4/c1-6-9(11(17)18)10(16-20-6)7-2-4-8(5-3-7)19-12(13,14)15/h2-5H,1H3,(H,17,18). The molecule has 0 unspecified atom stereocenters. The van der Waals surface area contributed by atoms with Crippen LogP contribution in [0.2, 0.25) is 0 Å². The van der Waals surface area contributed by atoms with E-state index in [4.69, 9.17) is 9.63 Å². The van der Waals surface area contributed by atoms with Gasteiger partial charge in [0.15, 0.2) is 0 Å². The highest BCUT2D eigenvalue weighted by Crippen LogP contribution is 2.28. The fourth-order valence-electron chi connectivity index (χ4n) is 1.64. The molecule has 0 aliphatic rings. The molecule has 1 heterocycles. The number of carboxylic acid groups (broad SMARTS) is 1. The van der Waals surface area contributed by atoms with Gasteiger partial charge in [0.05, 0.1) is 0 Å². The monoisotopic (exact) mass is 287 g/mol. The van der Waals surface area contributed by atoms with Crippen LogP contribution in [0.3, 0.4) is 0 Å². The van der Waals surface area contributed by atoms with Crippen LogP contribution in [0, 0.1) is 6.92 Å². The van der Waals surface area contributed by atoms with E-state index in [1.54, 1.807) is 0 Å². The number of halogens is 3. The molecule has 0 aliphatic carbocycles. The summed E-state index contributed by atoms with van der Waals surface area (Å²) in [6, 6.07) is 4.67. The maximum atomic E-state index is 12.0. The normalized spacial score (nSPS) is 11.4. The lowest BCUT2D eigenvalue weighted by molar-refractivity contribution is -0.274. The second kappa shape index (κ2) is 4.87. The topological polar surface area (TPSA) is 72.6 Å². The molecule has 5 nitrogen and oxygen atoms in total. The molecule has 1 N–H and O–H groups in total. The van der Waals surface area contributed by atoms with E-state index >= 15 is 0 Å². The molecule has 20 heavy (non-hydrogen) atoms. The van der Waals surface area contributed by atoms with Gasteiger partial charge in [-0.25, -0.2) is 4.79 Å². The van der Waals surface area contributed by atoms with E-state index in [2.05, 4.69) is 9.89 Å². The van der Waals surface area contributed by atoms with Crippen molar-refractivity contribution in [2.45, 2.75) is 13.3 Å². The average Bonchev–Trinajstić information content (AvgIpc) is 2.70. The molecule has 0 bridgehead atoms. The molecule has 0 fully saturated rings. The predicted molar refractivity (Wildman–Crippen MR) is 60.3 cm³/mol. The van der Waals surface area contributed by atoms with Crippen LogP contribution in [-0.2, 0) is 0 Å². The summed E-state index contributed by atoms with van der Waals surface area (Å²) in [6.07, 6.45) is -4.78. The number of alkyl halides is 3. The van der Waals surface area contributed by atoms with Gasteiger partial charge >= 0.3 is 12.3 Å². The third-order valence-corrected chi connectivity index (χ3v) is 2.44. The smallest absolute Gasteiger partial charge is 0.477 e. The number of nitrogens with zero attached hydrogens (tertiary/aromatic N) is 1.